The summed E-state index contributed by atoms with van der Waals surface area (Å²) in [5.41, 5.74) is 0. The molecule has 3 saturated carbocycles. The van der Waals surface area contributed by atoms with Crippen LogP contribution in [0.15, 0.2) is 0 Å². The van der Waals surface area contributed by atoms with E-state index in [9.17, 15) is 0 Å². The van der Waals surface area contributed by atoms with E-state index in [1.54, 1.807) is 0 Å². The van der Waals surface area contributed by atoms with Crippen molar-refractivity contribution in [3.63, 3.8) is 0 Å². The van der Waals surface area contributed by atoms with Crippen molar-refractivity contribution in [3.05, 3.63) is 0 Å². The smallest absolute Gasteiger partial charge is 0.0198 e. The molecule has 2 heteroatoms. The van der Waals surface area contributed by atoms with Crippen LogP contribution in [0.2, 0.25) is 0 Å². The van der Waals surface area contributed by atoms with Crippen LogP contribution >= 0.6 is 0 Å². The van der Waals surface area contributed by atoms with Crippen LogP contribution in [0.1, 0.15) is 70.6 Å². The summed E-state index contributed by atoms with van der Waals surface area (Å²) in [6.45, 7) is 5.46. The number of hydrogen-bond donors (Lipinski definition) is 1. The number of nitrogens with one attached hydrogen (secondary N) is 1. The summed E-state index contributed by atoms with van der Waals surface area (Å²) in [4.78, 5) is 2.84. The van der Waals surface area contributed by atoms with Gasteiger partial charge in [-0.2, -0.15) is 0 Å². The second-order valence-electron chi connectivity index (χ2n) is 9.05. The first kappa shape index (κ1) is 15.4. The summed E-state index contributed by atoms with van der Waals surface area (Å²) in [5.74, 6) is 4.12. The number of piperidine rings is 1. The molecule has 4 aliphatic rings. The Morgan fingerprint density at radius 3 is 2.18 bits per heavy atom. The first-order valence-corrected chi connectivity index (χ1v) is 10.3. The molecule has 126 valence electrons. The number of likely N-dealkylation sites (tertiary alicyclic amines) is 1. The number of rotatable bonds is 7. The fourth-order valence-electron chi connectivity index (χ4n) is 5.18. The Morgan fingerprint density at radius 2 is 1.50 bits per heavy atom. The van der Waals surface area contributed by atoms with E-state index in [2.05, 4.69) is 10.2 Å². The molecule has 2 unspecified atom stereocenters. The Hall–Kier alpha value is -0.0800. The number of hydrogen-bond acceptors (Lipinski definition) is 2. The molecule has 0 aromatic carbocycles. The molecule has 22 heavy (non-hydrogen) atoms. The summed E-state index contributed by atoms with van der Waals surface area (Å²) in [6.07, 6.45) is 16.5. The largest absolute Gasteiger partial charge is 0.312 e. The molecular weight excluding hydrogens is 268 g/mol. The first-order chi connectivity index (χ1) is 10.8. The fourth-order valence-corrected chi connectivity index (χ4v) is 5.18. The van der Waals surface area contributed by atoms with Crippen LogP contribution < -0.4 is 5.32 Å². The lowest BCUT2D eigenvalue weighted by atomic mass is 9.83. The van der Waals surface area contributed by atoms with Crippen molar-refractivity contribution in [2.45, 2.75) is 76.7 Å². The normalized spacial score (nSPS) is 34.9. The van der Waals surface area contributed by atoms with Crippen LogP contribution in [0, 0.1) is 23.7 Å². The Morgan fingerprint density at radius 1 is 0.727 bits per heavy atom. The Kier molecular flexibility index (Phi) is 5.07. The fraction of sp³-hybridized carbons (Fsp3) is 1.00. The van der Waals surface area contributed by atoms with Gasteiger partial charge in [0.05, 0.1) is 0 Å². The second-order valence-corrected chi connectivity index (χ2v) is 9.05. The minimum absolute atomic E-state index is 0.790. The van der Waals surface area contributed by atoms with Crippen LogP contribution in [0.5, 0.6) is 0 Å². The molecule has 2 nitrogen and oxygen atoms in total. The minimum Gasteiger partial charge on any atom is -0.312 e. The average molecular weight is 305 g/mol. The molecule has 0 amide bonds. The quantitative estimate of drug-likeness (QED) is 0.763. The van der Waals surface area contributed by atoms with E-state index in [-0.39, 0.29) is 0 Å². The van der Waals surface area contributed by atoms with Crippen LogP contribution in [-0.2, 0) is 0 Å². The van der Waals surface area contributed by atoms with Crippen molar-refractivity contribution in [1.29, 1.82) is 0 Å². The predicted molar refractivity (Wildman–Crippen MR) is 93.0 cm³/mol. The molecule has 1 saturated heterocycles. The standard InChI is InChI=1S/C20H36N2/c1-2-5-17(4-1)12-21-20-11-19(10-16-8-9-16)14-22(15-20)13-18-6-3-7-18/h16-21H,1-15H2. The summed E-state index contributed by atoms with van der Waals surface area (Å²) in [7, 11) is 0. The van der Waals surface area contributed by atoms with Crippen LogP contribution in [0.25, 0.3) is 0 Å². The van der Waals surface area contributed by atoms with Crippen molar-refractivity contribution in [2.24, 2.45) is 23.7 Å². The van der Waals surface area contributed by atoms with Gasteiger partial charge in [-0.25, -0.2) is 0 Å². The maximum Gasteiger partial charge on any atom is 0.0198 e. The Bertz CT molecular complexity index is 342. The van der Waals surface area contributed by atoms with Gasteiger partial charge in [0, 0.05) is 25.7 Å². The van der Waals surface area contributed by atoms with E-state index in [1.807, 2.05) is 0 Å². The van der Waals surface area contributed by atoms with Gasteiger partial charge in [-0.15, -0.1) is 0 Å². The van der Waals surface area contributed by atoms with Crippen molar-refractivity contribution in [1.82, 2.24) is 10.2 Å². The van der Waals surface area contributed by atoms with Crippen molar-refractivity contribution >= 4 is 0 Å². The zero-order chi connectivity index (χ0) is 14.8. The molecule has 0 aromatic rings. The van der Waals surface area contributed by atoms with Gasteiger partial charge in [0.1, 0.15) is 0 Å². The molecule has 4 rings (SSSR count). The van der Waals surface area contributed by atoms with E-state index >= 15 is 0 Å². The molecule has 1 aliphatic heterocycles. The monoisotopic (exact) mass is 304 g/mol. The predicted octanol–water partition coefficient (Wildman–Crippen LogP) is 4.06. The zero-order valence-electron chi connectivity index (χ0n) is 14.4. The first-order valence-electron chi connectivity index (χ1n) is 10.3. The maximum atomic E-state index is 3.98. The molecule has 0 aromatic heterocycles. The topological polar surface area (TPSA) is 15.3 Å². The second kappa shape index (κ2) is 7.21. The van der Waals surface area contributed by atoms with E-state index in [0.29, 0.717) is 0 Å². The van der Waals surface area contributed by atoms with Crippen molar-refractivity contribution in [3.8, 4) is 0 Å². The average Bonchev–Trinajstić information content (AvgIpc) is 3.13. The highest BCUT2D eigenvalue weighted by molar-refractivity contribution is 4.89. The van der Waals surface area contributed by atoms with Crippen LogP contribution in [-0.4, -0.2) is 37.1 Å². The molecule has 0 spiro atoms. The third-order valence-corrected chi connectivity index (χ3v) is 6.89. The molecule has 0 bridgehead atoms. The lowest BCUT2D eigenvalue weighted by molar-refractivity contribution is 0.0952. The highest BCUT2D eigenvalue weighted by atomic mass is 15.2. The van der Waals surface area contributed by atoms with Gasteiger partial charge < -0.3 is 10.2 Å². The summed E-state index contributed by atoms with van der Waals surface area (Å²) in [6, 6.07) is 0.790. The number of nitrogens with zero attached hydrogens (tertiary/aromatic N) is 1. The third kappa shape index (κ3) is 4.26. The third-order valence-electron chi connectivity index (χ3n) is 6.89. The van der Waals surface area contributed by atoms with Crippen LogP contribution in [0.3, 0.4) is 0 Å². The van der Waals surface area contributed by atoms with E-state index in [4.69, 9.17) is 0 Å². The Balaban J connectivity index is 1.27. The zero-order valence-corrected chi connectivity index (χ0v) is 14.4. The minimum atomic E-state index is 0.790. The van der Waals surface area contributed by atoms with Crippen LogP contribution in [0.4, 0.5) is 0 Å². The van der Waals surface area contributed by atoms with Gasteiger partial charge >= 0.3 is 0 Å². The lowest BCUT2D eigenvalue weighted by Gasteiger charge is -2.41. The van der Waals surface area contributed by atoms with Gasteiger partial charge in [-0.3, -0.25) is 0 Å². The van der Waals surface area contributed by atoms with E-state index < -0.39 is 0 Å². The SMILES string of the molecule is C1CCC(CNC2CC(CC3CC3)CN(CC3CCC3)C2)C1. The summed E-state index contributed by atoms with van der Waals surface area (Å²) < 4.78 is 0. The van der Waals surface area contributed by atoms with Crippen molar-refractivity contribution in [2.75, 3.05) is 26.2 Å². The van der Waals surface area contributed by atoms with Gasteiger partial charge in [0.15, 0.2) is 0 Å². The molecule has 4 fully saturated rings. The highest BCUT2D eigenvalue weighted by Gasteiger charge is 2.33. The summed E-state index contributed by atoms with van der Waals surface area (Å²) >= 11 is 0. The van der Waals surface area contributed by atoms with Gasteiger partial charge in [0.25, 0.3) is 0 Å². The van der Waals surface area contributed by atoms with Crippen molar-refractivity contribution < 1.29 is 0 Å². The van der Waals surface area contributed by atoms with Gasteiger partial charge in [-0.05, 0) is 68.7 Å². The van der Waals surface area contributed by atoms with Gasteiger partial charge in [-0.1, -0.05) is 32.1 Å². The van der Waals surface area contributed by atoms with E-state index in [0.717, 1.165) is 29.7 Å². The molecule has 3 aliphatic carbocycles. The molecular formula is C20H36N2. The molecule has 0 radical (unpaired) electrons. The highest BCUT2D eigenvalue weighted by Crippen LogP contribution is 2.38. The Labute approximate surface area is 137 Å². The van der Waals surface area contributed by atoms with E-state index in [1.165, 1.54) is 96.8 Å². The summed E-state index contributed by atoms with van der Waals surface area (Å²) in [5, 5.41) is 3.98. The maximum absolute atomic E-state index is 3.98. The molecule has 1 N–H and O–H groups in total. The molecule has 2 atom stereocenters. The molecule has 1 heterocycles. The lowest BCUT2D eigenvalue weighted by Crippen LogP contribution is -2.51. The van der Waals surface area contributed by atoms with Gasteiger partial charge in [0.2, 0.25) is 0 Å².